The fourth-order valence-electron chi connectivity index (χ4n) is 1.20. The maximum absolute atomic E-state index is 12.1. The number of nitrogens with zero attached hydrogens (tertiary/aromatic N) is 1. The number of halogens is 3. The van der Waals surface area contributed by atoms with Gasteiger partial charge in [-0.2, -0.15) is 13.2 Å². The molecule has 0 saturated carbocycles. The van der Waals surface area contributed by atoms with E-state index in [0.717, 1.165) is 12.8 Å². The molecule has 1 N–H and O–H groups in total. The van der Waals surface area contributed by atoms with Crippen molar-refractivity contribution in [1.29, 1.82) is 0 Å². The molecule has 4 nitrogen and oxygen atoms in total. The minimum Gasteiger partial charge on any atom is -0.856 e. The Hall–Kier alpha value is -1.27. The lowest BCUT2D eigenvalue weighted by molar-refractivity contribution is -0.263. The van der Waals surface area contributed by atoms with E-state index in [4.69, 9.17) is 0 Å². The molecular weight excluding hydrogens is 249 g/mol. The predicted octanol–water partition coefficient (Wildman–Crippen LogP) is 1.25. The highest BCUT2D eigenvalue weighted by Crippen LogP contribution is 2.16. The molecule has 0 aliphatic carbocycles. The van der Waals surface area contributed by atoms with Crippen molar-refractivity contribution in [2.24, 2.45) is 10.9 Å². The van der Waals surface area contributed by atoms with Crippen molar-refractivity contribution in [3.63, 3.8) is 0 Å². The van der Waals surface area contributed by atoms with Gasteiger partial charge in [0.05, 0.1) is 5.90 Å². The molecule has 0 saturated heterocycles. The van der Waals surface area contributed by atoms with Gasteiger partial charge in [-0.3, -0.25) is 9.79 Å². The van der Waals surface area contributed by atoms with Crippen molar-refractivity contribution in [1.82, 2.24) is 5.32 Å². The Morgan fingerprint density at radius 3 is 2.33 bits per heavy atom. The van der Waals surface area contributed by atoms with Crippen LogP contribution in [0.3, 0.4) is 0 Å². The molecule has 106 valence electrons. The summed E-state index contributed by atoms with van der Waals surface area (Å²) < 4.78 is 36.2. The molecule has 0 heterocycles. The molecule has 0 aromatic carbocycles. The van der Waals surface area contributed by atoms with Crippen LogP contribution in [0.5, 0.6) is 0 Å². The summed E-state index contributed by atoms with van der Waals surface area (Å²) in [5, 5.41) is 13.2. The Morgan fingerprint density at radius 2 is 1.94 bits per heavy atom. The Labute approximate surface area is 104 Å². The summed E-state index contributed by atoms with van der Waals surface area (Å²) in [5.74, 6) is -3.33. The summed E-state index contributed by atoms with van der Waals surface area (Å²) in [4.78, 5) is 14.5. The summed E-state index contributed by atoms with van der Waals surface area (Å²) >= 11 is 0. The molecule has 0 aromatic heterocycles. The smallest absolute Gasteiger partial charge is 0.419 e. The van der Waals surface area contributed by atoms with E-state index in [-0.39, 0.29) is 0 Å². The van der Waals surface area contributed by atoms with Gasteiger partial charge in [0, 0.05) is 6.54 Å². The Kier molecular flexibility index (Phi) is 6.72. The lowest BCUT2D eigenvalue weighted by atomic mass is 10.0. The number of amides is 1. The third-order valence-electron chi connectivity index (χ3n) is 2.23. The fourth-order valence-corrected chi connectivity index (χ4v) is 1.20. The molecule has 0 rings (SSSR count). The second-order valence-corrected chi connectivity index (χ2v) is 4.27. The number of rotatable bonds is 6. The summed E-state index contributed by atoms with van der Waals surface area (Å²) in [6.45, 7) is 5.37. The molecule has 0 bridgehead atoms. The topological polar surface area (TPSA) is 64.5 Å². The number of hydrogen-bond acceptors (Lipinski definition) is 3. The average molecular weight is 267 g/mol. The van der Waals surface area contributed by atoms with Gasteiger partial charge < -0.3 is 10.4 Å². The monoisotopic (exact) mass is 267 g/mol. The first-order valence-corrected chi connectivity index (χ1v) is 5.79. The van der Waals surface area contributed by atoms with Crippen molar-refractivity contribution in [2.45, 2.75) is 45.8 Å². The molecule has 0 spiro atoms. The van der Waals surface area contributed by atoms with Crippen LogP contribution in [0.4, 0.5) is 13.2 Å². The summed E-state index contributed by atoms with van der Waals surface area (Å²) in [5.41, 5.74) is 0. The predicted molar refractivity (Wildman–Crippen MR) is 60.0 cm³/mol. The Balaban J connectivity index is 4.72. The van der Waals surface area contributed by atoms with E-state index in [9.17, 15) is 23.1 Å². The largest absolute Gasteiger partial charge is 0.856 e. The molecule has 1 amide bonds. The first-order valence-electron chi connectivity index (χ1n) is 5.79. The Bertz CT molecular complexity index is 301. The second-order valence-electron chi connectivity index (χ2n) is 4.27. The average Bonchev–Trinajstić information content (AvgIpc) is 2.23. The van der Waals surface area contributed by atoms with E-state index in [2.05, 4.69) is 10.3 Å². The highest BCUT2D eigenvalue weighted by molar-refractivity contribution is 5.86. The second kappa shape index (κ2) is 7.23. The molecule has 0 unspecified atom stereocenters. The molecular formula is C11H18F3N2O2-. The van der Waals surface area contributed by atoms with Gasteiger partial charge in [-0.1, -0.05) is 27.2 Å². The minimum absolute atomic E-state index is 0.369. The van der Waals surface area contributed by atoms with Crippen LogP contribution < -0.4 is 10.4 Å². The van der Waals surface area contributed by atoms with E-state index in [1.807, 2.05) is 6.92 Å². The number of nitrogens with one attached hydrogen (secondary N) is 1. The lowest BCUT2D eigenvalue weighted by Gasteiger charge is -2.21. The van der Waals surface area contributed by atoms with Gasteiger partial charge in [0.2, 0.25) is 5.91 Å². The van der Waals surface area contributed by atoms with E-state index < -0.39 is 29.9 Å². The number of unbranched alkanes of at least 4 members (excludes halogenated alkanes) is 1. The van der Waals surface area contributed by atoms with Crippen molar-refractivity contribution >= 4 is 11.8 Å². The third-order valence-corrected chi connectivity index (χ3v) is 2.23. The number of hydrogen-bond donors (Lipinski definition) is 1. The van der Waals surface area contributed by atoms with E-state index in [1.165, 1.54) is 13.8 Å². The van der Waals surface area contributed by atoms with Crippen LogP contribution in [0.25, 0.3) is 0 Å². The van der Waals surface area contributed by atoms with Crippen LogP contribution in [0.1, 0.15) is 33.6 Å². The van der Waals surface area contributed by atoms with Crippen LogP contribution in [-0.2, 0) is 4.79 Å². The summed E-state index contributed by atoms with van der Waals surface area (Å²) in [6.07, 6.45) is -3.45. The van der Waals surface area contributed by atoms with Gasteiger partial charge in [-0.25, -0.2) is 0 Å². The fraction of sp³-hybridized carbons (Fsp3) is 0.818. The standard InChI is InChI=1S/C11H19F3N2O2/c1-4-5-6-15-9(17)8(7(2)3)16-10(18)11(12,13)14/h7-8H,4-6H2,1-3H3,(H,15,17)(H,16,18)/p-1/t8-/m0/s1. The number of carbonyl (C=O) groups excluding carboxylic acids is 1. The summed E-state index contributed by atoms with van der Waals surface area (Å²) in [6, 6.07) is -1.30. The van der Waals surface area contributed by atoms with Gasteiger partial charge in [-0.05, 0) is 12.3 Å². The van der Waals surface area contributed by atoms with Crippen molar-refractivity contribution < 1.29 is 23.1 Å². The molecule has 0 aliphatic rings. The van der Waals surface area contributed by atoms with Crippen molar-refractivity contribution in [3.05, 3.63) is 0 Å². The molecule has 1 atom stereocenters. The Morgan fingerprint density at radius 1 is 1.39 bits per heavy atom. The van der Waals surface area contributed by atoms with Crippen LogP contribution >= 0.6 is 0 Å². The quantitative estimate of drug-likeness (QED) is 0.447. The molecule has 7 heteroatoms. The van der Waals surface area contributed by atoms with Crippen LogP contribution in [0.15, 0.2) is 4.99 Å². The molecule has 0 aliphatic heterocycles. The number of alkyl halides is 3. The minimum atomic E-state index is -5.03. The zero-order valence-corrected chi connectivity index (χ0v) is 10.7. The maximum atomic E-state index is 12.1. The maximum Gasteiger partial charge on any atom is 0.419 e. The van der Waals surface area contributed by atoms with Gasteiger partial charge in [-0.15, -0.1) is 0 Å². The van der Waals surface area contributed by atoms with Crippen molar-refractivity contribution in [2.75, 3.05) is 6.54 Å². The molecule has 0 radical (unpaired) electrons. The molecule has 18 heavy (non-hydrogen) atoms. The van der Waals surface area contributed by atoms with Gasteiger partial charge in [0.1, 0.15) is 6.04 Å². The van der Waals surface area contributed by atoms with Crippen LogP contribution in [-0.4, -0.2) is 30.6 Å². The first kappa shape index (κ1) is 16.7. The number of aliphatic imine (C=N–C) groups is 1. The number of carbonyl (C=O) groups is 1. The zero-order chi connectivity index (χ0) is 14.3. The van der Waals surface area contributed by atoms with Crippen molar-refractivity contribution in [3.8, 4) is 0 Å². The van der Waals surface area contributed by atoms with E-state index in [1.54, 1.807) is 0 Å². The van der Waals surface area contributed by atoms with E-state index in [0.29, 0.717) is 6.54 Å². The van der Waals surface area contributed by atoms with Crippen LogP contribution in [0.2, 0.25) is 0 Å². The van der Waals surface area contributed by atoms with Gasteiger partial charge in [0.25, 0.3) is 0 Å². The lowest BCUT2D eigenvalue weighted by Crippen LogP contribution is -2.42. The third kappa shape index (κ3) is 5.88. The van der Waals surface area contributed by atoms with Crippen LogP contribution in [0, 0.1) is 5.92 Å². The molecule has 0 aromatic rings. The summed E-state index contributed by atoms with van der Waals surface area (Å²) in [7, 11) is 0. The normalized spacial score (nSPS) is 14.7. The van der Waals surface area contributed by atoms with E-state index >= 15 is 0 Å². The highest BCUT2D eigenvalue weighted by atomic mass is 19.4. The first-order chi connectivity index (χ1) is 8.20. The van der Waals surface area contributed by atoms with Gasteiger partial charge >= 0.3 is 6.18 Å². The zero-order valence-electron chi connectivity index (χ0n) is 10.7. The molecule has 0 fully saturated rings. The highest BCUT2D eigenvalue weighted by Gasteiger charge is 2.30. The van der Waals surface area contributed by atoms with Gasteiger partial charge in [0.15, 0.2) is 0 Å². The SMILES string of the molecule is CCCCNC(=O)[C@@H](N=C([O-])C(F)(F)F)C(C)C.